The third-order valence-electron chi connectivity index (χ3n) is 2.28. The van der Waals surface area contributed by atoms with Gasteiger partial charge in [-0.25, -0.2) is 4.79 Å². The first-order chi connectivity index (χ1) is 8.81. The Morgan fingerprint density at radius 1 is 1.37 bits per heavy atom. The summed E-state index contributed by atoms with van der Waals surface area (Å²) in [6.45, 7) is 1.62. The van der Waals surface area contributed by atoms with Crippen LogP contribution in [0.2, 0.25) is 0 Å². The first-order valence-corrected chi connectivity index (χ1v) is 5.26. The van der Waals surface area contributed by atoms with E-state index in [2.05, 4.69) is 4.98 Å². The van der Waals surface area contributed by atoms with Gasteiger partial charge in [-0.3, -0.25) is 14.4 Å². The van der Waals surface area contributed by atoms with Gasteiger partial charge in [0.1, 0.15) is 11.6 Å². The van der Waals surface area contributed by atoms with E-state index in [4.69, 9.17) is 10.2 Å². The molecule has 8 heteroatoms. The van der Waals surface area contributed by atoms with Crippen LogP contribution in [0.4, 0.5) is 0 Å². The zero-order chi connectivity index (χ0) is 14.6. The van der Waals surface area contributed by atoms with Gasteiger partial charge in [0.15, 0.2) is 5.43 Å². The van der Waals surface area contributed by atoms with E-state index >= 15 is 0 Å². The summed E-state index contributed by atoms with van der Waals surface area (Å²) in [4.78, 5) is 47.1. The normalized spacial score (nSPS) is 11.6. The molecule has 4 N–H and O–H groups in total. The number of carbonyl (C=O) groups is 3. The van der Waals surface area contributed by atoms with E-state index in [1.54, 1.807) is 6.92 Å². The topological polar surface area (TPSA) is 137 Å². The highest BCUT2D eigenvalue weighted by atomic mass is 16.4. The van der Waals surface area contributed by atoms with Gasteiger partial charge in [0.05, 0.1) is 6.42 Å². The molecule has 0 saturated heterocycles. The maximum absolute atomic E-state index is 11.7. The van der Waals surface area contributed by atoms with Gasteiger partial charge in [-0.15, -0.1) is 0 Å². The Morgan fingerprint density at radius 2 is 2.00 bits per heavy atom. The Bertz CT molecular complexity index is 577. The molecule has 1 heterocycles. The highest BCUT2D eigenvalue weighted by Gasteiger charge is 2.24. The quantitative estimate of drug-likeness (QED) is 0.559. The average molecular weight is 268 g/mol. The number of amides is 1. The molecule has 1 rings (SSSR count). The SMILES string of the molecule is Cc1cc(=O)c(C(=O)N[C@H](CC(=O)O)C(=O)O)c[nH]1. The minimum Gasteiger partial charge on any atom is -0.481 e. The Hall–Kier alpha value is -2.64. The predicted octanol–water partition coefficient (Wildman–Crippen LogP) is -0.659. The number of hydrogen-bond donors (Lipinski definition) is 4. The van der Waals surface area contributed by atoms with Crippen molar-refractivity contribution in [2.24, 2.45) is 0 Å². The molecule has 8 nitrogen and oxygen atoms in total. The molecule has 1 aromatic rings. The number of hydrogen-bond acceptors (Lipinski definition) is 4. The fourth-order valence-corrected chi connectivity index (χ4v) is 1.36. The maximum Gasteiger partial charge on any atom is 0.326 e. The molecule has 0 bridgehead atoms. The molecular formula is C11H12N2O6. The van der Waals surface area contributed by atoms with Gasteiger partial charge < -0.3 is 20.5 Å². The van der Waals surface area contributed by atoms with Crippen molar-refractivity contribution in [2.45, 2.75) is 19.4 Å². The molecule has 1 amide bonds. The van der Waals surface area contributed by atoms with Gasteiger partial charge >= 0.3 is 11.9 Å². The lowest BCUT2D eigenvalue weighted by atomic mass is 10.1. The lowest BCUT2D eigenvalue weighted by Gasteiger charge is -2.11. The van der Waals surface area contributed by atoms with E-state index in [1.807, 2.05) is 5.32 Å². The van der Waals surface area contributed by atoms with Crippen molar-refractivity contribution in [3.63, 3.8) is 0 Å². The van der Waals surface area contributed by atoms with E-state index < -0.39 is 35.7 Å². The van der Waals surface area contributed by atoms with Gasteiger partial charge in [0.25, 0.3) is 5.91 Å². The summed E-state index contributed by atoms with van der Waals surface area (Å²) in [6.07, 6.45) is 0.373. The number of carbonyl (C=O) groups excluding carboxylic acids is 1. The molecule has 0 aromatic carbocycles. The van der Waals surface area contributed by atoms with Crippen LogP contribution in [-0.2, 0) is 9.59 Å². The monoisotopic (exact) mass is 268 g/mol. The van der Waals surface area contributed by atoms with Gasteiger partial charge in [0, 0.05) is 18.0 Å². The van der Waals surface area contributed by atoms with Gasteiger partial charge in [0.2, 0.25) is 0 Å². The van der Waals surface area contributed by atoms with Crippen LogP contribution in [0.25, 0.3) is 0 Å². The molecule has 0 fully saturated rings. The number of aryl methyl sites for hydroxylation is 1. The summed E-state index contributed by atoms with van der Waals surface area (Å²) >= 11 is 0. The zero-order valence-electron chi connectivity index (χ0n) is 9.97. The van der Waals surface area contributed by atoms with Crippen LogP contribution in [0.5, 0.6) is 0 Å². The minimum absolute atomic E-state index is 0.276. The minimum atomic E-state index is -1.59. The second-order valence-electron chi connectivity index (χ2n) is 3.86. The molecule has 0 unspecified atom stereocenters. The zero-order valence-corrected chi connectivity index (χ0v) is 9.97. The number of nitrogens with one attached hydrogen (secondary N) is 2. The highest BCUT2D eigenvalue weighted by Crippen LogP contribution is 1.97. The van der Waals surface area contributed by atoms with Gasteiger partial charge in [-0.1, -0.05) is 0 Å². The molecule has 0 aliphatic heterocycles. The first-order valence-electron chi connectivity index (χ1n) is 5.26. The lowest BCUT2D eigenvalue weighted by molar-refractivity contribution is -0.145. The van der Waals surface area contributed by atoms with Crippen molar-refractivity contribution >= 4 is 17.8 Å². The Balaban J connectivity index is 2.91. The van der Waals surface area contributed by atoms with E-state index in [0.29, 0.717) is 5.69 Å². The van der Waals surface area contributed by atoms with Crippen LogP contribution in [-0.4, -0.2) is 39.1 Å². The van der Waals surface area contributed by atoms with Crippen molar-refractivity contribution in [1.29, 1.82) is 0 Å². The third kappa shape index (κ3) is 3.95. The van der Waals surface area contributed by atoms with Crippen molar-refractivity contribution in [1.82, 2.24) is 10.3 Å². The van der Waals surface area contributed by atoms with Crippen LogP contribution in [0.1, 0.15) is 22.5 Å². The third-order valence-corrected chi connectivity index (χ3v) is 2.28. The standard InChI is InChI=1S/C11H12N2O6/c1-5-2-8(14)6(4-12-5)10(17)13-7(11(18)19)3-9(15)16/h2,4,7H,3H2,1H3,(H,12,14)(H,13,17)(H,15,16)(H,18,19)/t7-/m1/s1. The van der Waals surface area contributed by atoms with E-state index in [0.717, 1.165) is 6.20 Å². The molecule has 19 heavy (non-hydrogen) atoms. The van der Waals surface area contributed by atoms with Crippen LogP contribution >= 0.6 is 0 Å². The van der Waals surface area contributed by atoms with Crippen LogP contribution in [0, 0.1) is 6.92 Å². The van der Waals surface area contributed by atoms with Crippen molar-refractivity contribution in [3.05, 3.63) is 33.7 Å². The molecule has 0 saturated carbocycles. The maximum atomic E-state index is 11.7. The second-order valence-corrected chi connectivity index (χ2v) is 3.86. The van der Waals surface area contributed by atoms with Crippen LogP contribution in [0.3, 0.4) is 0 Å². The number of rotatable bonds is 5. The molecule has 0 aliphatic carbocycles. The fraction of sp³-hybridized carbons (Fsp3) is 0.273. The number of carboxylic acid groups (broad SMARTS) is 2. The number of pyridine rings is 1. The highest BCUT2D eigenvalue weighted by molar-refractivity contribution is 5.97. The number of aromatic amines is 1. The molecule has 1 aromatic heterocycles. The molecule has 0 spiro atoms. The van der Waals surface area contributed by atoms with Crippen LogP contribution in [0.15, 0.2) is 17.1 Å². The predicted molar refractivity (Wildman–Crippen MR) is 62.9 cm³/mol. The first kappa shape index (κ1) is 14.4. The summed E-state index contributed by atoms with van der Waals surface area (Å²) in [6, 6.07) is -0.410. The number of H-pyrrole nitrogens is 1. The Labute approximate surface area is 107 Å². The van der Waals surface area contributed by atoms with Gasteiger partial charge in [-0.05, 0) is 6.92 Å². The molecule has 102 valence electrons. The number of aromatic nitrogens is 1. The lowest BCUT2D eigenvalue weighted by Crippen LogP contribution is -2.43. The Morgan fingerprint density at radius 3 is 2.47 bits per heavy atom. The largest absolute Gasteiger partial charge is 0.481 e. The summed E-state index contributed by atoms with van der Waals surface area (Å²) in [7, 11) is 0. The number of carboxylic acids is 2. The summed E-state index contributed by atoms with van der Waals surface area (Å²) in [5.74, 6) is -3.79. The van der Waals surface area contributed by atoms with Crippen molar-refractivity contribution in [2.75, 3.05) is 0 Å². The van der Waals surface area contributed by atoms with Gasteiger partial charge in [-0.2, -0.15) is 0 Å². The summed E-state index contributed by atoms with van der Waals surface area (Å²) in [5, 5.41) is 19.3. The van der Waals surface area contributed by atoms with E-state index in [9.17, 15) is 19.2 Å². The van der Waals surface area contributed by atoms with E-state index in [-0.39, 0.29) is 5.56 Å². The van der Waals surface area contributed by atoms with E-state index in [1.165, 1.54) is 6.07 Å². The summed E-state index contributed by atoms with van der Waals surface area (Å²) in [5.41, 5.74) is -0.308. The molecule has 0 radical (unpaired) electrons. The van der Waals surface area contributed by atoms with Crippen molar-refractivity contribution < 1.29 is 24.6 Å². The fourth-order valence-electron chi connectivity index (χ4n) is 1.36. The average Bonchev–Trinajstić information content (AvgIpc) is 2.26. The summed E-state index contributed by atoms with van der Waals surface area (Å²) < 4.78 is 0. The molecule has 0 aliphatic rings. The second kappa shape index (κ2) is 5.80. The number of aliphatic carboxylic acids is 2. The molecular weight excluding hydrogens is 256 g/mol. The van der Waals surface area contributed by atoms with Crippen LogP contribution < -0.4 is 10.7 Å². The Kier molecular flexibility index (Phi) is 4.41. The smallest absolute Gasteiger partial charge is 0.326 e. The van der Waals surface area contributed by atoms with Crippen molar-refractivity contribution in [3.8, 4) is 0 Å². The molecule has 1 atom stereocenters.